The fraction of sp³-hybridized carbons (Fsp3) is 0.900. The van der Waals surface area contributed by atoms with Crippen LogP contribution < -0.4 is 11.3 Å². The first kappa shape index (κ1) is 16.8. The molecule has 0 saturated carbocycles. The lowest BCUT2D eigenvalue weighted by Crippen LogP contribution is -2.24. The van der Waals surface area contributed by atoms with E-state index in [0.717, 1.165) is 12.8 Å². The van der Waals surface area contributed by atoms with Gasteiger partial charge in [0.25, 0.3) is 0 Å². The first-order valence-corrected chi connectivity index (χ1v) is 5.45. The van der Waals surface area contributed by atoms with Crippen molar-refractivity contribution in [2.45, 2.75) is 45.4 Å². The molecule has 5 nitrogen and oxygen atoms in total. The van der Waals surface area contributed by atoms with Crippen LogP contribution in [0.1, 0.15) is 45.4 Å². The summed E-state index contributed by atoms with van der Waals surface area (Å²) in [5, 5.41) is 16.2. The number of aliphatic carboxylic acids is 1. The summed E-state index contributed by atoms with van der Waals surface area (Å²) < 4.78 is 0. The maximum atomic E-state index is 10.0. The van der Waals surface area contributed by atoms with Gasteiger partial charge in [-0.1, -0.05) is 32.6 Å². The predicted octanol–water partition coefficient (Wildman–Crippen LogP) is 0.874. The van der Waals surface area contributed by atoms with Crippen LogP contribution in [0.15, 0.2) is 0 Å². The van der Waals surface area contributed by atoms with Gasteiger partial charge in [-0.3, -0.25) is 16.1 Å². The van der Waals surface area contributed by atoms with Gasteiger partial charge in [0.2, 0.25) is 0 Å². The van der Waals surface area contributed by atoms with Crippen molar-refractivity contribution < 1.29 is 15.0 Å². The number of aliphatic hydroxyl groups excluding tert-OH is 1. The van der Waals surface area contributed by atoms with Crippen molar-refractivity contribution in [2.75, 3.05) is 13.2 Å². The van der Waals surface area contributed by atoms with E-state index in [2.05, 4.69) is 12.3 Å². The number of rotatable bonds is 8. The Morgan fingerprint density at radius 1 is 1.27 bits per heavy atom. The van der Waals surface area contributed by atoms with Crippen molar-refractivity contribution in [3.63, 3.8) is 0 Å². The fourth-order valence-electron chi connectivity index (χ4n) is 0.944. The van der Waals surface area contributed by atoms with Gasteiger partial charge in [-0.2, -0.15) is 0 Å². The van der Waals surface area contributed by atoms with Crippen molar-refractivity contribution in [3.8, 4) is 0 Å². The monoisotopic (exact) mass is 220 g/mol. The molecule has 0 radical (unpaired) electrons. The summed E-state index contributed by atoms with van der Waals surface area (Å²) in [7, 11) is 0. The molecule has 0 heterocycles. The summed E-state index contributed by atoms with van der Waals surface area (Å²) in [5.41, 5.74) is 2.27. The standard InChI is InChI=1S/C8H16O2.C2H8N2O/c1-2-3-4-5-6-7-8(9)10;3-4-1-2-5/h2-7H2,1H3,(H,9,10);4-5H,1-3H2. The molecule has 0 amide bonds. The number of carboxylic acid groups (broad SMARTS) is 1. The van der Waals surface area contributed by atoms with E-state index in [1.807, 2.05) is 0 Å². The van der Waals surface area contributed by atoms with Crippen molar-refractivity contribution in [1.82, 2.24) is 5.43 Å². The first-order valence-electron chi connectivity index (χ1n) is 5.45. The van der Waals surface area contributed by atoms with E-state index in [1.165, 1.54) is 19.3 Å². The Labute approximate surface area is 91.6 Å². The number of carbonyl (C=O) groups is 1. The zero-order valence-corrected chi connectivity index (χ0v) is 9.54. The number of aliphatic hydroxyl groups is 1. The Hall–Kier alpha value is -0.650. The molecule has 0 unspecified atom stereocenters. The van der Waals surface area contributed by atoms with Gasteiger partial charge in [0, 0.05) is 13.0 Å². The highest BCUT2D eigenvalue weighted by Crippen LogP contribution is 2.04. The first-order chi connectivity index (χ1) is 7.18. The highest BCUT2D eigenvalue weighted by Gasteiger charge is 1.94. The molecule has 0 aromatic heterocycles. The van der Waals surface area contributed by atoms with Gasteiger partial charge in [-0.15, -0.1) is 0 Å². The lowest BCUT2D eigenvalue weighted by Gasteiger charge is -1.95. The molecule has 0 atom stereocenters. The number of hydrazine groups is 1. The quantitative estimate of drug-likeness (QED) is 0.276. The molecular weight excluding hydrogens is 196 g/mol. The fourth-order valence-corrected chi connectivity index (χ4v) is 0.944. The Kier molecular flexibility index (Phi) is 17.7. The molecule has 5 heteroatoms. The second-order valence-electron chi connectivity index (χ2n) is 3.24. The Morgan fingerprint density at radius 2 is 1.87 bits per heavy atom. The zero-order chi connectivity index (χ0) is 11.9. The minimum absolute atomic E-state index is 0.108. The third kappa shape index (κ3) is 24.7. The van der Waals surface area contributed by atoms with Gasteiger partial charge in [0.1, 0.15) is 0 Å². The molecule has 0 aliphatic rings. The molecule has 0 rings (SSSR count). The number of hydrogen-bond acceptors (Lipinski definition) is 4. The van der Waals surface area contributed by atoms with Crippen LogP contribution in [-0.2, 0) is 4.79 Å². The van der Waals surface area contributed by atoms with E-state index in [9.17, 15) is 4.79 Å². The summed E-state index contributed by atoms with van der Waals surface area (Å²) in [6, 6.07) is 0. The smallest absolute Gasteiger partial charge is 0.303 e. The van der Waals surface area contributed by atoms with Crippen LogP contribution in [-0.4, -0.2) is 29.3 Å². The minimum Gasteiger partial charge on any atom is -0.481 e. The van der Waals surface area contributed by atoms with Crippen molar-refractivity contribution in [1.29, 1.82) is 0 Å². The van der Waals surface area contributed by atoms with Gasteiger partial charge in [-0.25, -0.2) is 0 Å². The van der Waals surface area contributed by atoms with Gasteiger partial charge in [0.15, 0.2) is 0 Å². The molecule has 92 valence electrons. The predicted molar refractivity (Wildman–Crippen MR) is 60.3 cm³/mol. The summed E-state index contributed by atoms with van der Waals surface area (Å²) in [6.45, 7) is 2.73. The summed E-state index contributed by atoms with van der Waals surface area (Å²) in [6.07, 6.45) is 5.88. The van der Waals surface area contributed by atoms with Crippen LogP contribution in [0, 0.1) is 0 Å². The van der Waals surface area contributed by atoms with Crippen LogP contribution in [0.5, 0.6) is 0 Å². The summed E-state index contributed by atoms with van der Waals surface area (Å²) in [4.78, 5) is 10.0. The molecule has 0 aromatic carbocycles. The maximum absolute atomic E-state index is 10.0. The largest absolute Gasteiger partial charge is 0.481 e. The molecule has 0 aromatic rings. The van der Waals surface area contributed by atoms with Crippen molar-refractivity contribution in [2.24, 2.45) is 5.84 Å². The molecule has 0 aliphatic carbocycles. The zero-order valence-electron chi connectivity index (χ0n) is 9.54. The third-order valence-electron chi connectivity index (χ3n) is 1.75. The average molecular weight is 220 g/mol. The normalized spacial score (nSPS) is 9.27. The molecule has 0 bridgehead atoms. The van der Waals surface area contributed by atoms with Crippen LogP contribution in [0.4, 0.5) is 0 Å². The second-order valence-corrected chi connectivity index (χ2v) is 3.24. The lowest BCUT2D eigenvalue weighted by molar-refractivity contribution is -0.137. The van der Waals surface area contributed by atoms with Crippen LogP contribution in [0.3, 0.4) is 0 Å². The van der Waals surface area contributed by atoms with E-state index >= 15 is 0 Å². The molecule has 5 N–H and O–H groups in total. The molecule has 15 heavy (non-hydrogen) atoms. The molecule has 0 aliphatic heterocycles. The number of nitrogens with one attached hydrogen (secondary N) is 1. The van der Waals surface area contributed by atoms with Crippen LogP contribution in [0.2, 0.25) is 0 Å². The number of nitrogens with two attached hydrogens (primary N) is 1. The number of carboxylic acids is 1. The molecule has 0 spiro atoms. The Balaban J connectivity index is 0. The van der Waals surface area contributed by atoms with E-state index < -0.39 is 5.97 Å². The van der Waals surface area contributed by atoms with Crippen molar-refractivity contribution in [3.05, 3.63) is 0 Å². The van der Waals surface area contributed by atoms with Crippen LogP contribution >= 0.6 is 0 Å². The van der Waals surface area contributed by atoms with Gasteiger partial charge in [-0.05, 0) is 6.42 Å². The average Bonchev–Trinajstić information content (AvgIpc) is 2.19. The molecule has 0 saturated heterocycles. The van der Waals surface area contributed by atoms with Gasteiger partial charge >= 0.3 is 5.97 Å². The van der Waals surface area contributed by atoms with Crippen LogP contribution in [0.25, 0.3) is 0 Å². The maximum Gasteiger partial charge on any atom is 0.303 e. The highest BCUT2D eigenvalue weighted by molar-refractivity contribution is 5.66. The van der Waals surface area contributed by atoms with Gasteiger partial charge < -0.3 is 10.2 Å². The number of unbranched alkanes of at least 4 members (excludes halogenated alkanes) is 4. The number of hydrogen-bond donors (Lipinski definition) is 4. The van der Waals surface area contributed by atoms with E-state index in [4.69, 9.17) is 16.1 Å². The molecular formula is C10H24N2O3. The Bertz CT molecular complexity index is 130. The summed E-state index contributed by atoms with van der Waals surface area (Å²) >= 11 is 0. The van der Waals surface area contributed by atoms with E-state index in [1.54, 1.807) is 0 Å². The van der Waals surface area contributed by atoms with Gasteiger partial charge in [0.05, 0.1) is 6.61 Å². The topological polar surface area (TPSA) is 95.6 Å². The lowest BCUT2D eigenvalue weighted by atomic mass is 10.1. The minimum atomic E-state index is -0.670. The van der Waals surface area contributed by atoms with E-state index in [-0.39, 0.29) is 6.61 Å². The molecule has 0 fully saturated rings. The SMILES string of the molecule is CCCCCCCC(=O)O.NNCCO. The second kappa shape index (κ2) is 15.8. The summed E-state index contributed by atoms with van der Waals surface area (Å²) in [5.74, 6) is 4.06. The van der Waals surface area contributed by atoms with E-state index in [0.29, 0.717) is 13.0 Å². The Morgan fingerprint density at radius 3 is 2.20 bits per heavy atom. The third-order valence-corrected chi connectivity index (χ3v) is 1.75. The highest BCUT2D eigenvalue weighted by atomic mass is 16.4. The van der Waals surface area contributed by atoms with Crippen molar-refractivity contribution >= 4 is 5.97 Å².